The molecule has 0 unspecified atom stereocenters. The van der Waals surface area contributed by atoms with Crippen molar-refractivity contribution in [1.82, 2.24) is 0 Å². The van der Waals surface area contributed by atoms with Crippen LogP contribution in [0, 0.1) is 5.82 Å². The number of phenols is 1. The number of hydrogen-bond acceptors (Lipinski definition) is 2. The summed E-state index contributed by atoms with van der Waals surface area (Å²) >= 11 is 17.1. The van der Waals surface area contributed by atoms with E-state index in [9.17, 15) is 14.3 Å². The Morgan fingerprint density at radius 1 is 1.05 bits per heavy atom. The number of carbonyl (C=O) groups excluding carboxylic acids is 1. The summed E-state index contributed by atoms with van der Waals surface area (Å²) in [6.07, 6.45) is 0. The Morgan fingerprint density at radius 3 is 2.25 bits per heavy atom. The average molecular weight is 335 g/mol. The van der Waals surface area contributed by atoms with Gasteiger partial charge in [0.25, 0.3) is 5.91 Å². The van der Waals surface area contributed by atoms with Gasteiger partial charge in [0.15, 0.2) is 5.82 Å². The number of phenolic OH excluding ortho intramolecular Hbond substituents is 1. The van der Waals surface area contributed by atoms with E-state index in [-0.39, 0.29) is 32.1 Å². The van der Waals surface area contributed by atoms with Crippen molar-refractivity contribution >= 4 is 46.4 Å². The second-order valence-corrected chi connectivity index (χ2v) is 5.09. The highest BCUT2D eigenvalue weighted by Gasteiger charge is 2.14. The Kier molecular flexibility index (Phi) is 4.38. The van der Waals surface area contributed by atoms with E-state index in [4.69, 9.17) is 34.8 Å². The molecule has 0 saturated heterocycles. The fourth-order valence-electron chi connectivity index (χ4n) is 1.51. The summed E-state index contributed by atoms with van der Waals surface area (Å²) in [4.78, 5) is 12.0. The number of anilines is 1. The largest absolute Gasteiger partial charge is 0.508 e. The molecule has 1 amide bonds. The molecule has 0 atom stereocenters. The van der Waals surface area contributed by atoms with Gasteiger partial charge in [0.05, 0.1) is 20.6 Å². The van der Waals surface area contributed by atoms with Crippen LogP contribution in [0.3, 0.4) is 0 Å². The van der Waals surface area contributed by atoms with Crippen LogP contribution in [0.4, 0.5) is 10.1 Å². The van der Waals surface area contributed by atoms with Gasteiger partial charge in [0, 0.05) is 5.69 Å². The van der Waals surface area contributed by atoms with Crippen molar-refractivity contribution in [3.05, 3.63) is 56.8 Å². The SMILES string of the molecule is O=C(Nc1cc(Cl)c(F)c(Cl)c1)c1cc(O)ccc1Cl. The first-order valence-corrected chi connectivity index (χ1v) is 6.46. The third-order valence-corrected chi connectivity index (χ3v) is 3.32. The quantitative estimate of drug-likeness (QED) is 0.779. The molecular formula is C13H7Cl3FNO2. The van der Waals surface area contributed by atoms with Crippen LogP contribution in [0.2, 0.25) is 15.1 Å². The van der Waals surface area contributed by atoms with Gasteiger partial charge in [-0.15, -0.1) is 0 Å². The second-order valence-electron chi connectivity index (χ2n) is 3.87. The van der Waals surface area contributed by atoms with Gasteiger partial charge >= 0.3 is 0 Å². The normalized spacial score (nSPS) is 10.4. The highest BCUT2D eigenvalue weighted by molar-refractivity contribution is 6.36. The van der Waals surface area contributed by atoms with Crippen molar-refractivity contribution < 1.29 is 14.3 Å². The molecule has 3 nitrogen and oxygen atoms in total. The van der Waals surface area contributed by atoms with Crippen LogP contribution in [0.1, 0.15) is 10.4 Å². The molecule has 2 aromatic rings. The summed E-state index contributed by atoms with van der Waals surface area (Å²) in [5, 5.41) is 11.6. The maximum Gasteiger partial charge on any atom is 0.257 e. The summed E-state index contributed by atoms with van der Waals surface area (Å²) < 4.78 is 13.3. The summed E-state index contributed by atoms with van der Waals surface area (Å²) in [7, 11) is 0. The highest BCUT2D eigenvalue weighted by Crippen LogP contribution is 2.28. The van der Waals surface area contributed by atoms with E-state index in [0.717, 1.165) is 0 Å². The number of nitrogens with one attached hydrogen (secondary N) is 1. The van der Waals surface area contributed by atoms with Crippen LogP contribution in [-0.2, 0) is 0 Å². The Hall–Kier alpha value is -1.49. The van der Waals surface area contributed by atoms with Crippen molar-refractivity contribution in [1.29, 1.82) is 0 Å². The number of hydrogen-bond donors (Lipinski definition) is 2. The van der Waals surface area contributed by atoms with Gasteiger partial charge in [-0.2, -0.15) is 0 Å². The minimum absolute atomic E-state index is 0.0724. The zero-order valence-electron chi connectivity index (χ0n) is 9.75. The molecule has 0 aromatic heterocycles. The predicted molar refractivity (Wildman–Crippen MR) is 77.5 cm³/mol. The standard InChI is InChI=1S/C13H7Cl3FNO2/c14-9-2-1-7(19)5-8(9)13(20)18-6-3-10(15)12(17)11(16)4-6/h1-5,19H,(H,18,20). The molecule has 0 radical (unpaired) electrons. The Balaban J connectivity index is 2.30. The van der Waals surface area contributed by atoms with E-state index >= 15 is 0 Å². The van der Waals surface area contributed by atoms with Crippen molar-refractivity contribution in [3.8, 4) is 5.75 Å². The van der Waals surface area contributed by atoms with Crippen LogP contribution >= 0.6 is 34.8 Å². The second kappa shape index (κ2) is 5.87. The first kappa shape index (κ1) is 14.9. The minimum atomic E-state index is -0.762. The topological polar surface area (TPSA) is 49.3 Å². The molecule has 104 valence electrons. The molecule has 2 rings (SSSR count). The first-order chi connectivity index (χ1) is 9.38. The Bertz CT molecular complexity index is 668. The zero-order valence-corrected chi connectivity index (χ0v) is 12.0. The van der Waals surface area contributed by atoms with E-state index in [0.29, 0.717) is 0 Å². The molecule has 20 heavy (non-hydrogen) atoms. The summed E-state index contributed by atoms with van der Waals surface area (Å²) in [6, 6.07) is 6.39. The number of halogens is 4. The molecule has 0 saturated carbocycles. The maximum atomic E-state index is 13.3. The molecule has 0 fully saturated rings. The third-order valence-electron chi connectivity index (χ3n) is 2.44. The van der Waals surface area contributed by atoms with Crippen molar-refractivity contribution in [2.75, 3.05) is 5.32 Å². The van der Waals surface area contributed by atoms with Gasteiger partial charge in [0.1, 0.15) is 5.75 Å². The summed E-state index contributed by atoms with van der Waals surface area (Å²) in [5.74, 6) is -1.44. The molecule has 7 heteroatoms. The van der Waals surface area contributed by atoms with Crippen molar-refractivity contribution in [2.24, 2.45) is 0 Å². The monoisotopic (exact) mass is 333 g/mol. The van der Waals surface area contributed by atoms with Crippen molar-refractivity contribution in [3.63, 3.8) is 0 Å². The lowest BCUT2D eigenvalue weighted by atomic mass is 10.2. The number of amides is 1. The van der Waals surface area contributed by atoms with E-state index in [1.165, 1.54) is 30.3 Å². The van der Waals surface area contributed by atoms with Gasteiger partial charge in [-0.25, -0.2) is 4.39 Å². The van der Waals surface area contributed by atoms with Crippen LogP contribution in [0.15, 0.2) is 30.3 Å². The first-order valence-electron chi connectivity index (χ1n) is 5.33. The van der Waals surface area contributed by atoms with Crippen molar-refractivity contribution in [2.45, 2.75) is 0 Å². The van der Waals surface area contributed by atoms with Gasteiger partial charge in [0.2, 0.25) is 0 Å². The van der Waals surface area contributed by atoms with Gasteiger partial charge in [-0.1, -0.05) is 34.8 Å². The summed E-state index contributed by atoms with van der Waals surface area (Å²) in [6.45, 7) is 0. The fraction of sp³-hybridized carbons (Fsp3) is 0. The van der Waals surface area contributed by atoms with Gasteiger partial charge < -0.3 is 10.4 Å². The van der Waals surface area contributed by atoms with Crippen LogP contribution in [-0.4, -0.2) is 11.0 Å². The Labute approximate surface area is 128 Å². The van der Waals surface area contributed by atoms with Crippen LogP contribution in [0.25, 0.3) is 0 Å². The maximum absolute atomic E-state index is 13.3. The van der Waals surface area contributed by atoms with Gasteiger partial charge in [-0.05, 0) is 30.3 Å². The highest BCUT2D eigenvalue weighted by atomic mass is 35.5. The molecular weight excluding hydrogens is 328 g/mol. The number of rotatable bonds is 2. The third kappa shape index (κ3) is 3.15. The lowest BCUT2D eigenvalue weighted by Crippen LogP contribution is -2.12. The molecule has 0 spiro atoms. The number of carbonyl (C=O) groups is 1. The Morgan fingerprint density at radius 2 is 1.65 bits per heavy atom. The molecule has 0 aliphatic heterocycles. The fourth-order valence-corrected chi connectivity index (χ4v) is 2.20. The smallest absolute Gasteiger partial charge is 0.257 e. The number of benzene rings is 2. The number of aromatic hydroxyl groups is 1. The minimum Gasteiger partial charge on any atom is -0.508 e. The van der Waals surface area contributed by atoms with E-state index in [1.54, 1.807) is 0 Å². The molecule has 2 N–H and O–H groups in total. The molecule has 0 aliphatic carbocycles. The zero-order chi connectivity index (χ0) is 14.9. The summed E-state index contributed by atoms with van der Waals surface area (Å²) in [5.41, 5.74) is 0.286. The molecule has 0 aliphatic rings. The van der Waals surface area contributed by atoms with E-state index in [2.05, 4.69) is 5.32 Å². The van der Waals surface area contributed by atoms with E-state index < -0.39 is 11.7 Å². The average Bonchev–Trinajstić information content (AvgIpc) is 2.38. The predicted octanol–water partition coefficient (Wildman–Crippen LogP) is 4.74. The lowest BCUT2D eigenvalue weighted by Gasteiger charge is -2.08. The lowest BCUT2D eigenvalue weighted by molar-refractivity contribution is 0.102. The van der Waals surface area contributed by atoms with E-state index in [1.807, 2.05) is 0 Å². The van der Waals surface area contributed by atoms with Crippen LogP contribution in [0.5, 0.6) is 5.75 Å². The molecule has 0 heterocycles. The van der Waals surface area contributed by atoms with Crippen LogP contribution < -0.4 is 5.32 Å². The molecule has 0 bridgehead atoms. The molecule has 2 aromatic carbocycles. The van der Waals surface area contributed by atoms with Gasteiger partial charge in [-0.3, -0.25) is 4.79 Å².